The summed E-state index contributed by atoms with van der Waals surface area (Å²) >= 11 is 14.5. The second kappa shape index (κ2) is 11.1. The van der Waals surface area contributed by atoms with Crippen LogP contribution in [0, 0.1) is 0 Å². The Bertz CT molecular complexity index is 1420. The van der Waals surface area contributed by atoms with Gasteiger partial charge in [-0.3, -0.25) is 24.5 Å². The number of halogens is 2. The van der Waals surface area contributed by atoms with E-state index in [-0.39, 0.29) is 30.5 Å². The Balaban J connectivity index is 1.40. The highest BCUT2D eigenvalue weighted by Gasteiger charge is 2.17. The molecule has 3 heterocycles. The number of nitrogens with one attached hydrogen (secondary N) is 1. The van der Waals surface area contributed by atoms with Crippen molar-refractivity contribution in [2.75, 3.05) is 6.54 Å². The maximum absolute atomic E-state index is 12.6. The first-order valence-corrected chi connectivity index (χ1v) is 12.7. The molecule has 0 saturated heterocycles. The minimum Gasteiger partial charge on any atom is -0.506 e. The predicted octanol–water partition coefficient (Wildman–Crippen LogP) is 5.90. The predicted molar refractivity (Wildman–Crippen MR) is 140 cm³/mol. The molecule has 0 bridgehead atoms. The fourth-order valence-electron chi connectivity index (χ4n) is 3.09. The summed E-state index contributed by atoms with van der Waals surface area (Å²) < 4.78 is 0. The molecule has 4 rings (SSSR count). The van der Waals surface area contributed by atoms with Crippen LogP contribution in [0.15, 0.2) is 59.3 Å². The number of Topliss-reactive ketones (excluding diaryl/α,β-unsaturated/α-hetero) is 1. The van der Waals surface area contributed by atoms with E-state index in [2.05, 4.69) is 20.3 Å². The van der Waals surface area contributed by atoms with Crippen molar-refractivity contribution in [1.82, 2.24) is 15.3 Å². The van der Waals surface area contributed by atoms with Gasteiger partial charge in [0.15, 0.2) is 5.78 Å². The summed E-state index contributed by atoms with van der Waals surface area (Å²) in [7, 11) is 0. The zero-order valence-electron chi connectivity index (χ0n) is 18.3. The van der Waals surface area contributed by atoms with Crippen molar-refractivity contribution in [3.63, 3.8) is 0 Å². The molecule has 3 aromatic heterocycles. The van der Waals surface area contributed by atoms with Crippen LogP contribution >= 0.6 is 45.9 Å². The van der Waals surface area contributed by atoms with Crippen molar-refractivity contribution in [2.24, 2.45) is 4.99 Å². The van der Waals surface area contributed by atoms with Gasteiger partial charge in [-0.15, -0.1) is 22.7 Å². The van der Waals surface area contributed by atoms with Gasteiger partial charge in [-0.05, 0) is 36.8 Å². The summed E-state index contributed by atoms with van der Waals surface area (Å²) in [6.07, 6.45) is 4.68. The zero-order chi connectivity index (χ0) is 24.9. The number of benzene rings is 1. The number of rotatable bonds is 8. The van der Waals surface area contributed by atoms with Crippen molar-refractivity contribution in [3.05, 3.63) is 85.4 Å². The van der Waals surface area contributed by atoms with E-state index in [1.165, 1.54) is 11.3 Å². The van der Waals surface area contributed by atoms with Gasteiger partial charge in [-0.25, -0.2) is 0 Å². The van der Waals surface area contributed by atoms with Crippen molar-refractivity contribution in [1.29, 1.82) is 0 Å². The highest BCUT2D eigenvalue weighted by atomic mass is 35.5. The second-order valence-corrected chi connectivity index (χ2v) is 10.1. The number of hydrogen-bond donors (Lipinski definition) is 2. The maximum Gasteiger partial charge on any atom is 0.261 e. The van der Waals surface area contributed by atoms with Crippen molar-refractivity contribution < 1.29 is 14.7 Å². The fourth-order valence-corrected chi connectivity index (χ4v) is 5.25. The van der Waals surface area contributed by atoms with Crippen LogP contribution in [0.2, 0.25) is 10.0 Å². The molecule has 1 aromatic carbocycles. The van der Waals surface area contributed by atoms with Gasteiger partial charge in [0.1, 0.15) is 12.3 Å². The van der Waals surface area contributed by atoms with Gasteiger partial charge in [-0.2, -0.15) is 0 Å². The summed E-state index contributed by atoms with van der Waals surface area (Å²) in [5.74, 6) is -0.445. The summed E-state index contributed by atoms with van der Waals surface area (Å²) in [4.78, 5) is 38.9. The van der Waals surface area contributed by atoms with E-state index in [0.717, 1.165) is 16.9 Å². The fraction of sp³-hybridized carbons (Fsp3) is 0.125. The lowest BCUT2D eigenvalue weighted by Crippen LogP contribution is -2.22. The number of hydrogen-bond acceptors (Lipinski definition) is 8. The first kappa shape index (κ1) is 25.0. The normalized spacial score (nSPS) is 11.5. The van der Waals surface area contributed by atoms with Gasteiger partial charge in [0.05, 0.1) is 43.1 Å². The summed E-state index contributed by atoms with van der Waals surface area (Å²) in [5, 5.41) is 16.1. The van der Waals surface area contributed by atoms with Crippen LogP contribution in [0.5, 0.6) is 5.75 Å². The Kier molecular flexibility index (Phi) is 7.92. The lowest BCUT2D eigenvalue weighted by molar-refractivity contribution is 0.0953. The Labute approximate surface area is 219 Å². The number of carbonyl (C=O) groups excluding carboxylic acids is 2. The number of ketones is 1. The Morgan fingerprint density at radius 1 is 1.11 bits per heavy atom. The van der Waals surface area contributed by atoms with Gasteiger partial charge in [0.2, 0.25) is 0 Å². The highest BCUT2D eigenvalue weighted by Crippen LogP contribution is 2.40. The van der Waals surface area contributed by atoms with Crippen LogP contribution in [0.1, 0.15) is 37.5 Å². The van der Waals surface area contributed by atoms with Crippen LogP contribution in [-0.2, 0) is 6.54 Å². The van der Waals surface area contributed by atoms with E-state index in [1.54, 1.807) is 61.2 Å². The lowest BCUT2D eigenvalue weighted by Gasteiger charge is -2.03. The van der Waals surface area contributed by atoms with Crippen molar-refractivity contribution in [2.45, 2.75) is 13.5 Å². The highest BCUT2D eigenvalue weighted by molar-refractivity contribution is 7.16. The molecule has 2 N–H and O–H groups in total. The summed E-state index contributed by atoms with van der Waals surface area (Å²) in [5.41, 5.74) is 2.44. The first-order chi connectivity index (χ1) is 16.8. The molecule has 178 valence electrons. The third-order valence-corrected chi connectivity index (χ3v) is 7.83. The molecule has 0 aliphatic rings. The first-order valence-electron chi connectivity index (χ1n) is 10.3. The topological polar surface area (TPSA) is 105 Å². The van der Waals surface area contributed by atoms with E-state index < -0.39 is 0 Å². The van der Waals surface area contributed by atoms with Crippen molar-refractivity contribution in [3.8, 4) is 16.2 Å². The van der Waals surface area contributed by atoms with Crippen LogP contribution in [0.3, 0.4) is 0 Å². The van der Waals surface area contributed by atoms with Gasteiger partial charge in [0.25, 0.3) is 5.91 Å². The molecule has 4 aromatic rings. The molecule has 1 amide bonds. The molecule has 0 aliphatic carbocycles. The largest absolute Gasteiger partial charge is 0.506 e. The van der Waals surface area contributed by atoms with Crippen LogP contribution in [0.4, 0.5) is 0 Å². The van der Waals surface area contributed by atoms with E-state index >= 15 is 0 Å². The minimum atomic E-state index is -0.294. The molecule has 35 heavy (non-hydrogen) atoms. The number of amides is 1. The van der Waals surface area contributed by atoms with E-state index in [4.69, 9.17) is 23.2 Å². The monoisotopic (exact) mass is 544 g/mol. The third-order valence-electron chi connectivity index (χ3n) is 4.95. The molecule has 11 heteroatoms. The number of thiophene rings is 2. The van der Waals surface area contributed by atoms with Gasteiger partial charge in [-0.1, -0.05) is 29.3 Å². The van der Waals surface area contributed by atoms with Gasteiger partial charge in [0, 0.05) is 29.0 Å². The Morgan fingerprint density at radius 2 is 1.91 bits per heavy atom. The molecule has 7 nitrogen and oxygen atoms in total. The SMILES string of the molecule is CC(=NCC(=O)c1ccc(C(=O)NCc2cnccn2)s1)c1csc(-c2ccc(Cl)c(Cl)c2)c1O. The van der Waals surface area contributed by atoms with E-state index in [1.807, 2.05) is 0 Å². The number of carbonyl (C=O) groups is 2. The van der Waals surface area contributed by atoms with E-state index in [9.17, 15) is 14.7 Å². The third kappa shape index (κ3) is 5.94. The van der Waals surface area contributed by atoms with Crippen LogP contribution < -0.4 is 5.32 Å². The molecule has 0 unspecified atom stereocenters. The number of aliphatic imine (C=N–C) groups is 1. The zero-order valence-corrected chi connectivity index (χ0v) is 21.4. The quantitative estimate of drug-likeness (QED) is 0.212. The van der Waals surface area contributed by atoms with Crippen LogP contribution in [-0.4, -0.2) is 39.0 Å². The molecule has 0 radical (unpaired) electrons. The van der Waals surface area contributed by atoms with Crippen molar-refractivity contribution >= 4 is 63.3 Å². The molecule has 0 aliphatic heterocycles. The van der Waals surface area contributed by atoms with E-state index in [0.29, 0.717) is 41.6 Å². The van der Waals surface area contributed by atoms with Gasteiger partial charge >= 0.3 is 0 Å². The van der Waals surface area contributed by atoms with Crippen LogP contribution in [0.25, 0.3) is 10.4 Å². The number of nitrogens with zero attached hydrogens (tertiary/aromatic N) is 3. The Hall–Kier alpha value is -3.11. The lowest BCUT2D eigenvalue weighted by atomic mass is 10.1. The minimum absolute atomic E-state index is 0.0697. The van der Waals surface area contributed by atoms with Gasteiger partial charge < -0.3 is 10.4 Å². The smallest absolute Gasteiger partial charge is 0.261 e. The second-order valence-electron chi connectivity index (χ2n) is 7.32. The standard InChI is InChI=1S/C24H18Cl2N4O3S2/c1-13(16-12-34-23(22(16)32)14-2-3-17(25)18(26)8-14)29-11-19(31)20-4-5-21(35-20)24(33)30-10-15-9-27-6-7-28-15/h2-9,12,32H,10-11H2,1H3,(H,30,33). The summed E-state index contributed by atoms with van der Waals surface area (Å²) in [6.45, 7) is 1.86. The Morgan fingerprint density at radius 3 is 2.66 bits per heavy atom. The number of aromatic hydroxyl groups is 1. The summed E-state index contributed by atoms with van der Waals surface area (Å²) in [6, 6.07) is 8.35. The molecular formula is C24H18Cl2N4O3S2. The molecule has 0 fully saturated rings. The number of aromatic nitrogens is 2. The molecule has 0 saturated carbocycles. The molecule has 0 spiro atoms. The molecule has 0 atom stereocenters. The average molecular weight is 545 g/mol. The molecular weight excluding hydrogens is 527 g/mol. The maximum atomic E-state index is 12.6. The average Bonchev–Trinajstić information content (AvgIpc) is 3.51.